The minimum absolute atomic E-state index is 0.153. The van der Waals surface area contributed by atoms with Crippen molar-refractivity contribution in [1.82, 2.24) is 20.2 Å². The second-order valence-corrected chi connectivity index (χ2v) is 8.18. The number of aryl methyl sites for hydroxylation is 1. The van der Waals surface area contributed by atoms with Gasteiger partial charge in [0.25, 0.3) is 0 Å². The fraction of sp³-hybridized carbons (Fsp3) is 0.350. The van der Waals surface area contributed by atoms with E-state index in [4.69, 9.17) is 0 Å². The minimum Gasteiger partial charge on any atom is -0.334 e. The van der Waals surface area contributed by atoms with Gasteiger partial charge in [0.2, 0.25) is 0 Å². The average Bonchev–Trinajstić information content (AvgIpc) is 3.02. The summed E-state index contributed by atoms with van der Waals surface area (Å²) in [5.41, 5.74) is 2.90. The number of carbonyl (C=O) groups excluding carboxylic acids is 1. The second kappa shape index (κ2) is 8.02. The number of piperidine rings is 1. The Morgan fingerprint density at radius 1 is 1.37 bits per heavy atom. The number of nitrogens with one attached hydrogen (secondary N) is 2. The fourth-order valence-electron chi connectivity index (χ4n) is 3.54. The molecule has 6 nitrogen and oxygen atoms in total. The van der Waals surface area contributed by atoms with Crippen molar-refractivity contribution in [2.24, 2.45) is 0 Å². The van der Waals surface area contributed by atoms with E-state index in [2.05, 4.69) is 31.6 Å². The maximum Gasteiger partial charge on any atom is 0.319 e. The van der Waals surface area contributed by atoms with E-state index >= 15 is 0 Å². The highest BCUT2D eigenvalue weighted by Crippen LogP contribution is 2.24. The largest absolute Gasteiger partial charge is 0.334 e. The van der Waals surface area contributed by atoms with Crippen LogP contribution < -0.4 is 10.6 Å². The Hall–Kier alpha value is -2.51. The van der Waals surface area contributed by atoms with E-state index in [0.29, 0.717) is 0 Å². The van der Waals surface area contributed by atoms with E-state index in [-0.39, 0.29) is 12.1 Å². The van der Waals surface area contributed by atoms with Crippen molar-refractivity contribution < 1.29 is 4.79 Å². The van der Waals surface area contributed by atoms with Crippen LogP contribution in [0.3, 0.4) is 0 Å². The van der Waals surface area contributed by atoms with Crippen LogP contribution in [0, 0.1) is 6.92 Å². The van der Waals surface area contributed by atoms with E-state index in [1.165, 1.54) is 5.56 Å². The Labute approximate surface area is 162 Å². The van der Waals surface area contributed by atoms with Crippen molar-refractivity contribution in [3.63, 3.8) is 0 Å². The van der Waals surface area contributed by atoms with Crippen LogP contribution in [0.5, 0.6) is 0 Å². The van der Waals surface area contributed by atoms with Gasteiger partial charge >= 0.3 is 6.03 Å². The van der Waals surface area contributed by atoms with Gasteiger partial charge < -0.3 is 10.6 Å². The molecule has 2 amide bonds. The number of amides is 2. The number of benzene rings is 1. The predicted molar refractivity (Wildman–Crippen MR) is 109 cm³/mol. The number of thiazole rings is 1. The third-order valence-electron chi connectivity index (χ3n) is 4.72. The molecular formula is C20H23N5OS. The number of pyridine rings is 1. The van der Waals surface area contributed by atoms with Gasteiger partial charge in [0.05, 0.1) is 15.2 Å². The van der Waals surface area contributed by atoms with Crippen LogP contribution in [-0.4, -0.2) is 40.0 Å². The van der Waals surface area contributed by atoms with Crippen LogP contribution in [0.15, 0.2) is 42.7 Å². The van der Waals surface area contributed by atoms with Crippen LogP contribution in [-0.2, 0) is 6.54 Å². The molecule has 27 heavy (non-hydrogen) atoms. The minimum atomic E-state index is -0.158. The van der Waals surface area contributed by atoms with Gasteiger partial charge in [0.15, 0.2) is 0 Å². The highest BCUT2D eigenvalue weighted by Gasteiger charge is 2.21. The number of rotatable bonds is 4. The highest BCUT2D eigenvalue weighted by atomic mass is 32.1. The molecule has 0 saturated carbocycles. The Bertz CT molecular complexity index is 927. The topological polar surface area (TPSA) is 70.2 Å². The molecule has 0 bridgehead atoms. The third-order valence-corrected chi connectivity index (χ3v) is 5.67. The maximum absolute atomic E-state index is 12.4. The van der Waals surface area contributed by atoms with Crippen molar-refractivity contribution in [2.75, 3.05) is 18.4 Å². The Kier molecular flexibility index (Phi) is 5.31. The first-order valence-corrected chi connectivity index (χ1v) is 10.0. The summed E-state index contributed by atoms with van der Waals surface area (Å²) in [5.74, 6) is 0. The number of carbonyl (C=O) groups is 1. The highest BCUT2D eigenvalue weighted by molar-refractivity contribution is 7.18. The van der Waals surface area contributed by atoms with Gasteiger partial charge in [-0.3, -0.25) is 9.88 Å². The number of fused-ring (bicyclic) bond motifs is 1. The fourth-order valence-corrected chi connectivity index (χ4v) is 4.35. The molecule has 7 heteroatoms. The molecule has 1 aliphatic heterocycles. The summed E-state index contributed by atoms with van der Waals surface area (Å²) in [6, 6.07) is 9.90. The van der Waals surface area contributed by atoms with E-state index in [9.17, 15) is 4.79 Å². The molecule has 3 heterocycles. The Morgan fingerprint density at radius 2 is 2.30 bits per heavy atom. The molecule has 1 aromatic carbocycles. The summed E-state index contributed by atoms with van der Waals surface area (Å²) < 4.78 is 1.14. The number of anilines is 1. The predicted octanol–water partition coefficient (Wildman–Crippen LogP) is 3.79. The van der Waals surface area contributed by atoms with Gasteiger partial charge in [-0.25, -0.2) is 9.78 Å². The first-order valence-electron chi connectivity index (χ1n) is 9.22. The van der Waals surface area contributed by atoms with Crippen molar-refractivity contribution in [3.8, 4) is 0 Å². The van der Waals surface area contributed by atoms with Crippen molar-refractivity contribution in [3.05, 3.63) is 53.3 Å². The molecule has 140 valence electrons. The monoisotopic (exact) mass is 381 g/mol. The lowest BCUT2D eigenvalue weighted by Gasteiger charge is -2.33. The molecule has 2 aromatic heterocycles. The summed E-state index contributed by atoms with van der Waals surface area (Å²) in [5, 5.41) is 7.08. The summed E-state index contributed by atoms with van der Waals surface area (Å²) >= 11 is 1.66. The molecular weight excluding hydrogens is 358 g/mol. The zero-order chi connectivity index (χ0) is 18.6. The second-order valence-electron chi connectivity index (χ2n) is 6.95. The van der Waals surface area contributed by atoms with Gasteiger partial charge in [-0.2, -0.15) is 0 Å². The lowest BCUT2D eigenvalue weighted by molar-refractivity contribution is 0.183. The average molecular weight is 382 g/mol. The molecule has 0 spiro atoms. The number of likely N-dealkylation sites (tertiary alicyclic amines) is 1. The lowest BCUT2D eigenvalue weighted by atomic mass is 10.1. The Balaban J connectivity index is 1.32. The van der Waals surface area contributed by atoms with Crippen molar-refractivity contribution in [1.29, 1.82) is 0 Å². The quantitative estimate of drug-likeness (QED) is 0.721. The van der Waals surface area contributed by atoms with E-state index in [1.54, 1.807) is 17.5 Å². The smallest absolute Gasteiger partial charge is 0.319 e. The molecule has 0 radical (unpaired) electrons. The van der Waals surface area contributed by atoms with Gasteiger partial charge in [-0.05, 0) is 56.1 Å². The van der Waals surface area contributed by atoms with Crippen LogP contribution in [0.4, 0.5) is 10.5 Å². The number of hydrogen-bond acceptors (Lipinski definition) is 5. The molecule has 1 fully saturated rings. The number of urea groups is 1. The van der Waals surface area contributed by atoms with Gasteiger partial charge in [-0.15, -0.1) is 11.3 Å². The summed E-state index contributed by atoms with van der Waals surface area (Å²) in [6.45, 7) is 4.76. The number of nitrogens with zero attached hydrogens (tertiary/aromatic N) is 3. The van der Waals surface area contributed by atoms with Crippen molar-refractivity contribution in [2.45, 2.75) is 32.4 Å². The number of hydrogen-bond donors (Lipinski definition) is 2. The van der Waals surface area contributed by atoms with E-state index in [0.717, 1.165) is 53.4 Å². The zero-order valence-electron chi connectivity index (χ0n) is 15.3. The van der Waals surface area contributed by atoms with Gasteiger partial charge in [-0.1, -0.05) is 6.07 Å². The van der Waals surface area contributed by atoms with Crippen LogP contribution in [0.1, 0.15) is 23.4 Å². The zero-order valence-corrected chi connectivity index (χ0v) is 16.1. The van der Waals surface area contributed by atoms with Crippen LogP contribution >= 0.6 is 11.3 Å². The van der Waals surface area contributed by atoms with Gasteiger partial charge in [0.1, 0.15) is 0 Å². The van der Waals surface area contributed by atoms with Crippen LogP contribution in [0.2, 0.25) is 0 Å². The molecule has 1 saturated heterocycles. The molecule has 1 atom stereocenters. The third kappa shape index (κ3) is 4.61. The van der Waals surface area contributed by atoms with E-state index < -0.39 is 0 Å². The standard InChI is InChI=1S/C20H23N5OS/c1-14-22-18-10-16(6-7-19(18)27-14)23-20(26)24-17-5-3-9-25(13-17)12-15-4-2-8-21-11-15/h2,4,6-8,10-11,17H,3,5,9,12-13H2,1H3,(H2,23,24,26)/t17-/m0/s1. The lowest BCUT2D eigenvalue weighted by Crippen LogP contribution is -2.48. The SMILES string of the molecule is Cc1nc2cc(NC(=O)N[C@H]3CCCN(Cc4cccnc4)C3)ccc2s1. The number of aromatic nitrogens is 2. The summed E-state index contributed by atoms with van der Waals surface area (Å²) in [4.78, 5) is 23.4. The molecule has 3 aromatic rings. The molecule has 0 unspecified atom stereocenters. The summed E-state index contributed by atoms with van der Waals surface area (Å²) in [7, 11) is 0. The molecule has 1 aliphatic rings. The Morgan fingerprint density at radius 3 is 3.15 bits per heavy atom. The first kappa shape index (κ1) is 17.9. The van der Waals surface area contributed by atoms with E-state index in [1.807, 2.05) is 37.4 Å². The maximum atomic E-state index is 12.4. The molecule has 0 aliphatic carbocycles. The first-order chi connectivity index (χ1) is 13.2. The molecule has 4 rings (SSSR count). The normalized spacial score (nSPS) is 17.7. The van der Waals surface area contributed by atoms with Crippen LogP contribution in [0.25, 0.3) is 10.2 Å². The van der Waals surface area contributed by atoms with Gasteiger partial charge in [0, 0.05) is 37.2 Å². The summed E-state index contributed by atoms with van der Waals surface area (Å²) in [6.07, 6.45) is 5.77. The molecule has 2 N–H and O–H groups in total. The van der Waals surface area contributed by atoms with Crippen molar-refractivity contribution >= 4 is 33.3 Å².